The van der Waals surface area contributed by atoms with E-state index in [1.54, 1.807) is 6.07 Å². The molecule has 0 saturated carbocycles. The topological polar surface area (TPSA) is 49.8 Å². The molecule has 138 valence electrons. The first-order valence-corrected chi connectivity index (χ1v) is 8.90. The molecule has 1 N–H and O–H groups in total. The van der Waals surface area contributed by atoms with Crippen molar-refractivity contribution in [3.05, 3.63) is 65.0 Å². The van der Waals surface area contributed by atoms with E-state index in [-0.39, 0.29) is 11.8 Å². The molecule has 0 aromatic heterocycles. The van der Waals surface area contributed by atoms with Crippen LogP contribution in [0.3, 0.4) is 0 Å². The van der Waals surface area contributed by atoms with Crippen molar-refractivity contribution in [2.45, 2.75) is 38.3 Å². The Hall–Kier alpha value is -2.40. The van der Waals surface area contributed by atoms with E-state index in [1.165, 1.54) is 13.2 Å². The van der Waals surface area contributed by atoms with Crippen LogP contribution >= 0.6 is 0 Å². The molecule has 1 fully saturated rings. The number of hydrogen-bond donors (Lipinski definition) is 1. The zero-order chi connectivity index (χ0) is 18.7. The molecule has 26 heavy (non-hydrogen) atoms. The van der Waals surface area contributed by atoms with Gasteiger partial charge in [0.15, 0.2) is 11.6 Å². The fourth-order valence-electron chi connectivity index (χ4n) is 3.82. The van der Waals surface area contributed by atoms with Gasteiger partial charge in [-0.3, -0.25) is 9.69 Å². The molecule has 5 heteroatoms. The fraction of sp³-hybridized carbons (Fsp3) is 0.381. The third-order valence-corrected chi connectivity index (χ3v) is 5.14. The highest BCUT2D eigenvalue weighted by atomic mass is 19.1. The van der Waals surface area contributed by atoms with Crippen molar-refractivity contribution in [1.29, 1.82) is 0 Å². The van der Waals surface area contributed by atoms with Gasteiger partial charge in [-0.2, -0.15) is 0 Å². The summed E-state index contributed by atoms with van der Waals surface area (Å²) in [5.74, 6) is -1.07. The van der Waals surface area contributed by atoms with Crippen molar-refractivity contribution in [2.24, 2.45) is 0 Å². The van der Waals surface area contributed by atoms with Crippen LogP contribution in [0.4, 0.5) is 4.39 Å². The first-order chi connectivity index (χ1) is 12.5. The Morgan fingerprint density at radius 1 is 1.27 bits per heavy atom. The SMILES string of the molecule is COc1ccc(C(c2ccccc2C)N2CCCCC2C(=O)O)cc1F. The molecule has 0 radical (unpaired) electrons. The third-order valence-electron chi connectivity index (χ3n) is 5.14. The summed E-state index contributed by atoms with van der Waals surface area (Å²) in [5, 5.41) is 9.72. The van der Waals surface area contributed by atoms with Crippen LogP contribution < -0.4 is 4.74 Å². The summed E-state index contributed by atoms with van der Waals surface area (Å²) in [6.45, 7) is 2.67. The van der Waals surface area contributed by atoms with E-state index in [0.717, 1.165) is 29.5 Å². The van der Waals surface area contributed by atoms with Crippen LogP contribution in [0.25, 0.3) is 0 Å². The number of aliphatic carboxylic acids is 1. The van der Waals surface area contributed by atoms with E-state index >= 15 is 0 Å². The average Bonchev–Trinajstić information content (AvgIpc) is 2.64. The van der Waals surface area contributed by atoms with Crippen LogP contribution in [0.1, 0.15) is 42.0 Å². The van der Waals surface area contributed by atoms with Crippen LogP contribution in [0.5, 0.6) is 5.75 Å². The molecule has 4 nitrogen and oxygen atoms in total. The number of carbonyl (C=O) groups is 1. The van der Waals surface area contributed by atoms with Crippen molar-refractivity contribution in [3.8, 4) is 5.75 Å². The van der Waals surface area contributed by atoms with Gasteiger partial charge in [0.25, 0.3) is 0 Å². The predicted molar refractivity (Wildman–Crippen MR) is 98.0 cm³/mol. The minimum Gasteiger partial charge on any atom is -0.494 e. The molecule has 0 bridgehead atoms. The van der Waals surface area contributed by atoms with Gasteiger partial charge in [0, 0.05) is 0 Å². The smallest absolute Gasteiger partial charge is 0.320 e. The quantitative estimate of drug-likeness (QED) is 0.872. The van der Waals surface area contributed by atoms with Crippen LogP contribution in [0.2, 0.25) is 0 Å². The second kappa shape index (κ2) is 7.87. The Morgan fingerprint density at radius 3 is 2.69 bits per heavy atom. The molecular weight excluding hydrogens is 333 g/mol. The van der Waals surface area contributed by atoms with Gasteiger partial charge in [0.05, 0.1) is 13.2 Å². The highest BCUT2D eigenvalue weighted by molar-refractivity contribution is 5.73. The van der Waals surface area contributed by atoms with Gasteiger partial charge >= 0.3 is 5.97 Å². The fourth-order valence-corrected chi connectivity index (χ4v) is 3.82. The van der Waals surface area contributed by atoms with E-state index in [1.807, 2.05) is 42.2 Å². The molecule has 2 unspecified atom stereocenters. The molecule has 2 aromatic rings. The monoisotopic (exact) mass is 357 g/mol. The van der Waals surface area contributed by atoms with E-state index in [0.29, 0.717) is 13.0 Å². The lowest BCUT2D eigenvalue weighted by Gasteiger charge is -2.40. The summed E-state index contributed by atoms with van der Waals surface area (Å²) in [5.41, 5.74) is 2.81. The third kappa shape index (κ3) is 3.58. The lowest BCUT2D eigenvalue weighted by atomic mass is 9.89. The molecule has 1 aliphatic rings. The maximum atomic E-state index is 14.4. The standard InChI is InChI=1S/C21H24FNO3/c1-14-7-3-4-8-16(14)20(15-10-11-19(26-2)17(22)13-15)23-12-6-5-9-18(23)21(24)25/h3-4,7-8,10-11,13,18,20H,5-6,9,12H2,1-2H3,(H,24,25). The van der Waals surface area contributed by atoms with E-state index in [2.05, 4.69) is 0 Å². The zero-order valence-electron chi connectivity index (χ0n) is 15.1. The molecule has 2 atom stereocenters. The summed E-state index contributed by atoms with van der Waals surface area (Å²) in [6, 6.07) is 11.9. The van der Waals surface area contributed by atoms with Crippen molar-refractivity contribution < 1.29 is 19.0 Å². The molecule has 0 amide bonds. The van der Waals surface area contributed by atoms with Crippen molar-refractivity contribution >= 4 is 5.97 Å². The van der Waals surface area contributed by atoms with Gasteiger partial charge < -0.3 is 9.84 Å². The maximum Gasteiger partial charge on any atom is 0.320 e. The van der Waals surface area contributed by atoms with Crippen LogP contribution in [0.15, 0.2) is 42.5 Å². The number of rotatable bonds is 5. The summed E-state index contributed by atoms with van der Waals surface area (Å²) >= 11 is 0. The van der Waals surface area contributed by atoms with Gasteiger partial charge in [0.2, 0.25) is 0 Å². The molecule has 0 aliphatic carbocycles. The normalized spacial score (nSPS) is 19.1. The lowest BCUT2D eigenvalue weighted by Crippen LogP contribution is -2.47. The van der Waals surface area contributed by atoms with Gasteiger partial charge in [0.1, 0.15) is 6.04 Å². The number of methoxy groups -OCH3 is 1. The van der Waals surface area contributed by atoms with Gasteiger partial charge in [-0.05, 0) is 55.1 Å². The predicted octanol–water partition coefficient (Wildman–Crippen LogP) is 4.17. The Bertz CT molecular complexity index is 793. The molecular formula is C21H24FNO3. The second-order valence-electron chi connectivity index (χ2n) is 6.74. The number of carboxylic acid groups (broad SMARTS) is 1. The summed E-state index contributed by atoms with van der Waals surface area (Å²) in [7, 11) is 1.43. The summed E-state index contributed by atoms with van der Waals surface area (Å²) < 4.78 is 19.4. The number of aryl methyl sites for hydroxylation is 1. The van der Waals surface area contributed by atoms with E-state index in [9.17, 15) is 14.3 Å². The molecule has 1 heterocycles. The van der Waals surface area contributed by atoms with Crippen molar-refractivity contribution in [1.82, 2.24) is 4.90 Å². The Kier molecular flexibility index (Phi) is 5.57. The number of ether oxygens (including phenoxy) is 1. The number of piperidine rings is 1. The highest BCUT2D eigenvalue weighted by Gasteiger charge is 2.35. The minimum atomic E-state index is -0.822. The Morgan fingerprint density at radius 2 is 2.04 bits per heavy atom. The maximum absolute atomic E-state index is 14.4. The Balaban J connectivity index is 2.12. The highest BCUT2D eigenvalue weighted by Crippen LogP contribution is 2.36. The van der Waals surface area contributed by atoms with Crippen molar-refractivity contribution in [2.75, 3.05) is 13.7 Å². The molecule has 3 rings (SSSR count). The first kappa shape index (κ1) is 18.4. The van der Waals surface area contributed by atoms with Crippen LogP contribution in [0, 0.1) is 12.7 Å². The number of likely N-dealkylation sites (tertiary alicyclic amines) is 1. The van der Waals surface area contributed by atoms with Gasteiger partial charge in [-0.25, -0.2) is 4.39 Å². The number of hydrogen-bond acceptors (Lipinski definition) is 3. The molecule has 1 saturated heterocycles. The zero-order valence-corrected chi connectivity index (χ0v) is 15.1. The van der Waals surface area contributed by atoms with Gasteiger partial charge in [-0.15, -0.1) is 0 Å². The van der Waals surface area contributed by atoms with Crippen LogP contribution in [-0.4, -0.2) is 35.7 Å². The van der Waals surface area contributed by atoms with E-state index in [4.69, 9.17) is 4.74 Å². The molecule has 0 spiro atoms. The number of halogens is 1. The van der Waals surface area contributed by atoms with Crippen molar-refractivity contribution in [3.63, 3.8) is 0 Å². The summed E-state index contributed by atoms with van der Waals surface area (Å²) in [6.07, 6.45) is 2.44. The molecule has 1 aliphatic heterocycles. The van der Waals surface area contributed by atoms with E-state index < -0.39 is 17.8 Å². The van der Waals surface area contributed by atoms with Gasteiger partial charge in [-0.1, -0.05) is 36.8 Å². The average molecular weight is 357 g/mol. The number of benzene rings is 2. The largest absolute Gasteiger partial charge is 0.494 e. The molecule has 2 aromatic carbocycles. The number of carboxylic acids is 1. The summed E-state index contributed by atoms with van der Waals surface area (Å²) in [4.78, 5) is 13.8. The lowest BCUT2D eigenvalue weighted by molar-refractivity contribution is -0.145. The minimum absolute atomic E-state index is 0.186. The van der Waals surface area contributed by atoms with Crippen LogP contribution in [-0.2, 0) is 4.79 Å². The Labute approximate surface area is 153 Å². The first-order valence-electron chi connectivity index (χ1n) is 8.90. The second-order valence-corrected chi connectivity index (χ2v) is 6.74. The number of nitrogens with zero attached hydrogens (tertiary/aromatic N) is 1.